The quantitative estimate of drug-likeness (QED) is 0.790. The number of fused-ring (bicyclic) bond motifs is 1. The van der Waals surface area contributed by atoms with Crippen LogP contribution in [0.1, 0.15) is 46.4 Å². The molecule has 0 atom stereocenters. The predicted molar refractivity (Wildman–Crippen MR) is 107 cm³/mol. The number of nitrogens with zero attached hydrogens (tertiary/aromatic N) is 5. The van der Waals surface area contributed by atoms with Crippen LogP contribution in [-0.2, 0) is 4.74 Å². The lowest BCUT2D eigenvalue weighted by Crippen LogP contribution is -2.46. The Bertz CT molecular complexity index is 836. The van der Waals surface area contributed by atoms with Crippen LogP contribution < -0.4 is 10.2 Å². The first-order chi connectivity index (χ1) is 12.6. The van der Waals surface area contributed by atoms with E-state index < -0.39 is 5.60 Å². The van der Waals surface area contributed by atoms with Crippen molar-refractivity contribution in [3.8, 4) is 0 Å². The summed E-state index contributed by atoms with van der Waals surface area (Å²) >= 11 is 3.48. The molecule has 1 aliphatic heterocycles. The maximum atomic E-state index is 11.9. The highest BCUT2D eigenvalue weighted by molar-refractivity contribution is 9.10. The van der Waals surface area contributed by atoms with Gasteiger partial charge in [0, 0.05) is 25.8 Å². The molecular formula is C18H27BrN6O2. The molecule has 27 heavy (non-hydrogen) atoms. The largest absolute Gasteiger partial charge is 0.444 e. The molecule has 1 N–H and O–H groups in total. The Morgan fingerprint density at radius 1 is 1.33 bits per heavy atom. The molecule has 148 valence electrons. The molecule has 0 aliphatic carbocycles. The molecule has 0 unspecified atom stereocenters. The summed E-state index contributed by atoms with van der Waals surface area (Å²) in [5.41, 5.74) is 0.325. The molecule has 9 heteroatoms. The molecule has 0 saturated carbocycles. The van der Waals surface area contributed by atoms with Crippen molar-refractivity contribution in [2.75, 3.05) is 24.5 Å². The van der Waals surface area contributed by atoms with Crippen LogP contribution in [0.25, 0.3) is 5.65 Å². The van der Waals surface area contributed by atoms with Gasteiger partial charge in [-0.25, -0.2) is 14.2 Å². The average Bonchev–Trinajstić information content (AvgIpc) is 2.96. The number of alkyl carbamates (subject to hydrolysis) is 1. The van der Waals surface area contributed by atoms with Gasteiger partial charge in [-0.2, -0.15) is 0 Å². The minimum atomic E-state index is -0.482. The molecule has 2 aromatic heterocycles. The molecule has 1 amide bonds. The number of nitrogens with one attached hydrogen (secondary N) is 1. The van der Waals surface area contributed by atoms with Crippen LogP contribution in [0.5, 0.6) is 0 Å². The van der Waals surface area contributed by atoms with Crippen LogP contribution in [0.2, 0.25) is 0 Å². The van der Waals surface area contributed by atoms with E-state index in [2.05, 4.69) is 48.3 Å². The van der Waals surface area contributed by atoms with Gasteiger partial charge in [0.2, 0.25) is 5.95 Å². The predicted octanol–water partition coefficient (Wildman–Crippen LogP) is 3.33. The molecular weight excluding hydrogens is 412 g/mol. The minimum absolute atomic E-state index is 0.0319. The second kappa shape index (κ2) is 7.26. The highest BCUT2D eigenvalue weighted by Crippen LogP contribution is 2.33. The Morgan fingerprint density at radius 2 is 2.00 bits per heavy atom. The Labute approximate surface area is 167 Å². The fraction of sp³-hybridized carbons (Fsp3) is 0.667. The van der Waals surface area contributed by atoms with Crippen molar-refractivity contribution in [3.63, 3.8) is 0 Å². The van der Waals surface area contributed by atoms with Gasteiger partial charge in [0.15, 0.2) is 5.65 Å². The third-order valence-electron chi connectivity index (χ3n) is 4.84. The van der Waals surface area contributed by atoms with E-state index >= 15 is 0 Å². The van der Waals surface area contributed by atoms with Gasteiger partial charge in [-0.3, -0.25) is 0 Å². The molecule has 1 aliphatic rings. The second-order valence-corrected chi connectivity index (χ2v) is 9.32. The van der Waals surface area contributed by atoms with Crippen LogP contribution >= 0.6 is 15.9 Å². The summed E-state index contributed by atoms with van der Waals surface area (Å²) in [7, 11) is 0. The number of rotatable bonds is 3. The molecule has 1 saturated heterocycles. The highest BCUT2D eigenvalue weighted by atomic mass is 79.9. The van der Waals surface area contributed by atoms with Crippen LogP contribution in [-0.4, -0.2) is 50.9 Å². The number of carbonyl (C=O) groups is 1. The number of halogens is 1. The fourth-order valence-electron chi connectivity index (χ4n) is 3.23. The van der Waals surface area contributed by atoms with Crippen LogP contribution in [0.3, 0.4) is 0 Å². The molecule has 0 aromatic carbocycles. The number of anilines is 1. The van der Waals surface area contributed by atoms with Gasteiger partial charge in [0.05, 0.1) is 4.47 Å². The van der Waals surface area contributed by atoms with Gasteiger partial charge in [0.1, 0.15) is 11.4 Å². The van der Waals surface area contributed by atoms with Crippen molar-refractivity contribution in [1.82, 2.24) is 24.9 Å². The first kappa shape index (κ1) is 19.9. The van der Waals surface area contributed by atoms with Crippen LogP contribution in [0, 0.1) is 12.3 Å². The van der Waals surface area contributed by atoms with Gasteiger partial charge < -0.3 is 15.0 Å². The maximum absolute atomic E-state index is 11.9. The standard InChI is InChI=1S/C18H27BrN6O2/c1-12-22-23-14-13(19)10-20-15(25(12)14)24-8-6-18(5,7-9-24)11-21-16(26)27-17(2,3)4/h10H,6-9,11H2,1-5H3,(H,21,26). The fourth-order valence-corrected chi connectivity index (χ4v) is 3.59. The summed E-state index contributed by atoms with van der Waals surface area (Å²) in [6.07, 6.45) is 3.31. The van der Waals surface area contributed by atoms with E-state index in [-0.39, 0.29) is 11.5 Å². The maximum Gasteiger partial charge on any atom is 0.407 e. The summed E-state index contributed by atoms with van der Waals surface area (Å²) < 4.78 is 8.14. The second-order valence-electron chi connectivity index (χ2n) is 8.47. The first-order valence-corrected chi connectivity index (χ1v) is 9.95. The van der Waals surface area contributed by atoms with E-state index in [1.54, 1.807) is 6.20 Å². The van der Waals surface area contributed by atoms with Crippen molar-refractivity contribution < 1.29 is 9.53 Å². The van der Waals surface area contributed by atoms with Gasteiger partial charge in [-0.15, -0.1) is 10.2 Å². The number of amides is 1. The molecule has 0 radical (unpaired) electrons. The zero-order valence-electron chi connectivity index (χ0n) is 16.5. The van der Waals surface area contributed by atoms with Gasteiger partial charge in [-0.05, 0) is 61.9 Å². The molecule has 0 bridgehead atoms. The Balaban J connectivity index is 1.64. The van der Waals surface area contributed by atoms with Crippen molar-refractivity contribution in [2.45, 2.75) is 53.1 Å². The van der Waals surface area contributed by atoms with Crippen LogP contribution in [0.15, 0.2) is 10.7 Å². The van der Waals surface area contributed by atoms with E-state index in [0.717, 1.165) is 47.8 Å². The molecule has 3 rings (SSSR count). The third-order valence-corrected chi connectivity index (χ3v) is 5.40. The van der Waals surface area contributed by atoms with Gasteiger partial charge >= 0.3 is 6.09 Å². The zero-order valence-corrected chi connectivity index (χ0v) is 18.1. The van der Waals surface area contributed by atoms with Crippen molar-refractivity contribution >= 4 is 33.6 Å². The number of piperidine rings is 1. The average molecular weight is 439 g/mol. The van der Waals surface area contributed by atoms with Crippen molar-refractivity contribution in [2.24, 2.45) is 5.41 Å². The van der Waals surface area contributed by atoms with E-state index in [4.69, 9.17) is 4.74 Å². The van der Waals surface area contributed by atoms with E-state index in [0.29, 0.717) is 6.54 Å². The van der Waals surface area contributed by atoms with Crippen molar-refractivity contribution in [3.05, 3.63) is 16.5 Å². The zero-order chi connectivity index (χ0) is 19.8. The molecule has 1 fully saturated rings. The summed E-state index contributed by atoms with van der Waals surface area (Å²) in [6, 6.07) is 0. The summed E-state index contributed by atoms with van der Waals surface area (Å²) in [4.78, 5) is 18.8. The number of hydrogen-bond acceptors (Lipinski definition) is 6. The minimum Gasteiger partial charge on any atom is -0.444 e. The summed E-state index contributed by atoms with van der Waals surface area (Å²) in [5.74, 6) is 1.67. The molecule has 3 heterocycles. The van der Waals surface area contributed by atoms with E-state index in [1.165, 1.54) is 0 Å². The molecule has 2 aromatic rings. The molecule has 0 spiro atoms. The Kier molecular flexibility index (Phi) is 5.33. The number of aryl methyl sites for hydroxylation is 1. The number of hydrogen-bond donors (Lipinski definition) is 1. The SMILES string of the molecule is Cc1nnc2c(Br)cnc(N3CCC(C)(CNC(=O)OC(C)(C)C)CC3)n12. The van der Waals surface area contributed by atoms with E-state index in [1.807, 2.05) is 32.1 Å². The number of ether oxygens (including phenoxy) is 1. The highest BCUT2D eigenvalue weighted by Gasteiger charge is 2.32. The van der Waals surface area contributed by atoms with Crippen LogP contribution in [0.4, 0.5) is 10.7 Å². The van der Waals surface area contributed by atoms with E-state index in [9.17, 15) is 4.79 Å². The summed E-state index contributed by atoms with van der Waals surface area (Å²) in [6.45, 7) is 12.0. The Hall–Kier alpha value is -1.90. The third kappa shape index (κ3) is 4.51. The van der Waals surface area contributed by atoms with Gasteiger partial charge in [-0.1, -0.05) is 6.92 Å². The van der Waals surface area contributed by atoms with Gasteiger partial charge in [0.25, 0.3) is 0 Å². The topological polar surface area (TPSA) is 84.7 Å². The first-order valence-electron chi connectivity index (χ1n) is 9.16. The monoisotopic (exact) mass is 438 g/mol. The normalized spacial score (nSPS) is 17.2. The number of aromatic nitrogens is 4. The smallest absolute Gasteiger partial charge is 0.407 e. The number of carbonyl (C=O) groups excluding carboxylic acids is 1. The molecule has 8 nitrogen and oxygen atoms in total. The van der Waals surface area contributed by atoms with Crippen molar-refractivity contribution in [1.29, 1.82) is 0 Å². The summed E-state index contributed by atoms with van der Waals surface area (Å²) in [5, 5.41) is 11.3. The lowest BCUT2D eigenvalue weighted by atomic mass is 9.80. The Morgan fingerprint density at radius 3 is 2.63 bits per heavy atom. The lowest BCUT2D eigenvalue weighted by molar-refractivity contribution is 0.0495. The lowest BCUT2D eigenvalue weighted by Gasteiger charge is -2.40.